The number of hydrogen-bond acceptors (Lipinski definition) is 6. The maximum Gasteiger partial charge on any atom is 0.293 e. The Morgan fingerprint density at radius 1 is 1.07 bits per heavy atom. The van der Waals surface area contributed by atoms with Crippen molar-refractivity contribution in [3.63, 3.8) is 0 Å². The Morgan fingerprint density at radius 2 is 1.66 bits per heavy atom. The second-order valence-corrected chi connectivity index (χ2v) is 11.3. The molecule has 0 aliphatic rings. The van der Waals surface area contributed by atoms with Gasteiger partial charge in [0.25, 0.3) is 1.43 Å². The second kappa shape index (κ2) is 11.5. The van der Waals surface area contributed by atoms with Crippen molar-refractivity contribution in [3.05, 3.63) is 83.4 Å². The SMILES string of the molecule is S=PI.[3H]Oc1ccc(C(Sc2ccc(C)cc2O)C(=O)c2ccc(O)cc2)cc1. The van der Waals surface area contributed by atoms with Crippen LogP contribution in [-0.4, -0.2) is 22.5 Å². The molecule has 3 N–H and O–H groups in total. The van der Waals surface area contributed by atoms with Gasteiger partial charge in [-0.15, -0.1) is 11.8 Å². The highest BCUT2D eigenvalue weighted by Gasteiger charge is 2.24. The van der Waals surface area contributed by atoms with E-state index < -0.39 is 5.25 Å². The van der Waals surface area contributed by atoms with Crippen molar-refractivity contribution in [3.8, 4) is 17.2 Å². The first-order chi connectivity index (χ1) is 14.4. The summed E-state index contributed by atoms with van der Waals surface area (Å²) in [5.74, 6) is 0.427. The molecule has 0 bridgehead atoms. The first-order valence-corrected chi connectivity index (χ1v) is 13.9. The van der Waals surface area contributed by atoms with Gasteiger partial charge in [0, 0.05) is 10.6 Å². The molecule has 0 spiro atoms. The molecule has 0 aromatic heterocycles. The number of carbonyl (C=O) groups is 1. The van der Waals surface area contributed by atoms with Gasteiger partial charge in [-0.1, -0.05) is 18.2 Å². The number of halogens is 1. The summed E-state index contributed by atoms with van der Waals surface area (Å²) in [5.41, 5.74) is 2.10. The van der Waals surface area contributed by atoms with Crippen LogP contribution in [0.4, 0.5) is 0 Å². The number of hydrogen-bond donors (Lipinski definition) is 3. The first kappa shape index (κ1) is 22.0. The van der Waals surface area contributed by atoms with Crippen LogP contribution in [0.2, 0.25) is 0 Å². The van der Waals surface area contributed by atoms with Gasteiger partial charge >= 0.3 is 0 Å². The normalized spacial score (nSPS) is 11.7. The Bertz CT molecular complexity index is 1000. The number of Topliss-reactive ketones (excluding diaryl/α,β-unsaturated/α-hetero) is 1. The van der Waals surface area contributed by atoms with Crippen molar-refractivity contribution in [2.45, 2.75) is 17.1 Å². The lowest BCUT2D eigenvalue weighted by Gasteiger charge is -2.17. The van der Waals surface area contributed by atoms with E-state index in [1.165, 1.54) is 23.9 Å². The third kappa shape index (κ3) is 6.96. The second-order valence-electron chi connectivity index (χ2n) is 6.02. The zero-order valence-corrected chi connectivity index (χ0v) is 20.0. The molecule has 0 saturated heterocycles. The minimum Gasteiger partial charge on any atom is -0.508 e. The Hall–Kier alpha value is -1.67. The van der Waals surface area contributed by atoms with Crippen molar-refractivity contribution in [1.29, 1.82) is 1.43 Å². The molecule has 3 aromatic rings. The lowest BCUT2D eigenvalue weighted by atomic mass is 10.0. The van der Waals surface area contributed by atoms with E-state index in [0.29, 0.717) is 16.2 Å². The van der Waals surface area contributed by atoms with Gasteiger partial charge in [0.05, 0.1) is 10.1 Å². The number of aromatic hydroxyl groups is 3. The topological polar surface area (TPSA) is 77.8 Å². The summed E-state index contributed by atoms with van der Waals surface area (Å²) < 4.78 is 6.96. The van der Waals surface area contributed by atoms with Crippen molar-refractivity contribution in [2.75, 3.05) is 0 Å². The van der Waals surface area contributed by atoms with Crippen molar-refractivity contribution >= 4 is 56.4 Å². The number of carbonyl (C=O) groups excluding carboxylic acids is 1. The number of phenols is 3. The largest absolute Gasteiger partial charge is 0.508 e. The van der Waals surface area contributed by atoms with E-state index in [9.17, 15) is 15.0 Å². The molecule has 3 aromatic carbocycles. The molecule has 0 heterocycles. The predicted octanol–water partition coefficient (Wildman–Crippen LogP) is 6.57. The lowest BCUT2D eigenvalue weighted by molar-refractivity contribution is 0.0989. The number of aryl methyl sites for hydroxylation is 1. The quantitative estimate of drug-likeness (QED) is 0.138. The minimum absolute atomic E-state index is 0.0869. The molecule has 150 valence electrons. The smallest absolute Gasteiger partial charge is 0.293 e. The Morgan fingerprint density at radius 3 is 2.21 bits per heavy atom. The van der Waals surface area contributed by atoms with Gasteiger partial charge in [-0.2, -0.15) is 0 Å². The van der Waals surface area contributed by atoms with Gasteiger partial charge in [-0.3, -0.25) is 4.79 Å². The molecule has 0 fully saturated rings. The molecular formula is C21H18IO4PS2. The number of ketones is 1. The average molecular weight is 558 g/mol. The summed E-state index contributed by atoms with van der Waals surface area (Å²) in [7, 11) is 0. The monoisotopic (exact) mass is 558 g/mol. The van der Waals surface area contributed by atoms with Gasteiger partial charge in [0.2, 0.25) is 0 Å². The lowest BCUT2D eigenvalue weighted by Crippen LogP contribution is -2.10. The molecule has 8 heteroatoms. The van der Waals surface area contributed by atoms with E-state index in [1.807, 2.05) is 13.0 Å². The molecule has 0 aliphatic heterocycles. The summed E-state index contributed by atoms with van der Waals surface area (Å²) in [5, 5.41) is 23.6. The van der Waals surface area contributed by atoms with Gasteiger partial charge in [-0.05, 0) is 100 Å². The van der Waals surface area contributed by atoms with Crippen LogP contribution in [0.3, 0.4) is 0 Å². The number of phenolic OH excluding ortho intramolecular Hbond substituents is 3. The van der Waals surface area contributed by atoms with Crippen LogP contribution in [0.25, 0.3) is 0 Å². The average Bonchev–Trinajstić information content (AvgIpc) is 2.74. The molecule has 0 saturated carbocycles. The van der Waals surface area contributed by atoms with Crippen molar-refractivity contribution in [1.82, 2.24) is 0 Å². The standard InChI is InChI=1S/C21H18O4S.IPS/c1-13-2-11-19(18(24)12-13)26-21(15-5-9-17(23)10-6-15)20(25)14-3-7-16(22)8-4-14;1-2-3/h2-12,21-24H,1H3;/i/hT. The summed E-state index contributed by atoms with van der Waals surface area (Å²) in [4.78, 5) is 14.7. The Labute approximate surface area is 194 Å². The molecule has 0 amide bonds. The van der Waals surface area contributed by atoms with E-state index in [1.54, 1.807) is 48.5 Å². The van der Waals surface area contributed by atoms with Gasteiger partial charge in [0.15, 0.2) is 5.78 Å². The molecule has 3 rings (SSSR count). The highest BCUT2D eigenvalue weighted by molar-refractivity contribution is 14.2. The van der Waals surface area contributed by atoms with Crippen LogP contribution in [0.5, 0.6) is 17.2 Å². The number of rotatable bonds is 6. The number of thioether (sulfide) groups is 1. The third-order valence-electron chi connectivity index (χ3n) is 3.93. The maximum absolute atomic E-state index is 13.1. The predicted molar refractivity (Wildman–Crippen MR) is 130 cm³/mol. The van der Waals surface area contributed by atoms with Crippen LogP contribution in [0.15, 0.2) is 71.6 Å². The zero-order valence-electron chi connectivity index (χ0n) is 16.3. The van der Waals surface area contributed by atoms with Crippen LogP contribution >= 0.6 is 38.8 Å². The van der Waals surface area contributed by atoms with E-state index in [4.69, 9.17) is 1.43 Å². The van der Waals surface area contributed by atoms with E-state index >= 15 is 0 Å². The Kier molecular flexibility index (Phi) is 8.73. The molecule has 0 aliphatic carbocycles. The minimum atomic E-state index is -0.608. The van der Waals surface area contributed by atoms with Crippen LogP contribution < -0.4 is 0 Å². The molecule has 4 nitrogen and oxygen atoms in total. The molecular weight excluding hydrogens is 538 g/mol. The molecule has 0 radical (unpaired) electrons. The van der Waals surface area contributed by atoms with Crippen molar-refractivity contribution < 1.29 is 20.1 Å². The van der Waals surface area contributed by atoms with Gasteiger partial charge in [-0.25, -0.2) is 0 Å². The first-order valence-electron chi connectivity index (χ1n) is 8.76. The van der Waals surface area contributed by atoms with Gasteiger partial charge < -0.3 is 15.3 Å². The Balaban J connectivity index is 0.00000101. The maximum atomic E-state index is 13.1. The van der Waals surface area contributed by atoms with Crippen LogP contribution in [-0.2, 0) is 11.8 Å². The molecule has 1 unspecified atom stereocenters. The summed E-state index contributed by atoms with van der Waals surface area (Å²) in [6.07, 6.45) is 0. The zero-order chi connectivity index (χ0) is 22.1. The molecule has 29 heavy (non-hydrogen) atoms. The van der Waals surface area contributed by atoms with Gasteiger partial charge in [0.1, 0.15) is 17.2 Å². The summed E-state index contributed by atoms with van der Waals surface area (Å²) in [6, 6.07) is 18.1. The highest BCUT2D eigenvalue weighted by atomic mass is 127. The van der Waals surface area contributed by atoms with E-state index in [-0.39, 0.29) is 17.3 Å². The van der Waals surface area contributed by atoms with E-state index in [0.717, 1.165) is 16.1 Å². The van der Waals surface area contributed by atoms with Crippen LogP contribution in [0.1, 0.15) is 26.7 Å². The fraction of sp³-hybridized carbons (Fsp3) is 0.0952. The summed E-state index contributed by atoms with van der Waals surface area (Å²) >= 11 is 7.68. The fourth-order valence-corrected chi connectivity index (χ4v) is 3.66. The fourth-order valence-electron chi connectivity index (χ4n) is 2.55. The summed E-state index contributed by atoms with van der Waals surface area (Å²) in [6.45, 7) is 1.88. The highest BCUT2D eigenvalue weighted by Crippen LogP contribution is 2.42. The van der Waals surface area contributed by atoms with Crippen LogP contribution in [0, 0.1) is 6.92 Å². The number of benzene rings is 3. The van der Waals surface area contributed by atoms with E-state index in [2.05, 4.69) is 39.0 Å². The van der Waals surface area contributed by atoms with Crippen molar-refractivity contribution in [2.24, 2.45) is 0 Å². The third-order valence-corrected chi connectivity index (χ3v) is 5.25. The molecule has 1 atom stereocenters.